The summed E-state index contributed by atoms with van der Waals surface area (Å²) in [6, 6.07) is 17.0. The summed E-state index contributed by atoms with van der Waals surface area (Å²) < 4.78 is 5.15. The van der Waals surface area contributed by atoms with Crippen molar-refractivity contribution >= 4 is 0 Å². The molecule has 0 saturated carbocycles. The van der Waals surface area contributed by atoms with Crippen molar-refractivity contribution in [2.24, 2.45) is 0 Å². The van der Waals surface area contributed by atoms with Crippen molar-refractivity contribution in [2.45, 2.75) is 26.6 Å². The van der Waals surface area contributed by atoms with Gasteiger partial charge in [-0.3, -0.25) is 0 Å². The second-order valence-corrected chi connectivity index (χ2v) is 4.78. The Morgan fingerprint density at radius 3 is 2.53 bits per heavy atom. The number of rotatable bonds is 6. The second kappa shape index (κ2) is 7.07. The Kier molecular flexibility index (Phi) is 5.13. The van der Waals surface area contributed by atoms with Crippen molar-refractivity contribution in [1.29, 1.82) is 0 Å². The van der Waals surface area contributed by atoms with Crippen molar-refractivity contribution in [3.63, 3.8) is 0 Å². The van der Waals surface area contributed by atoms with Crippen molar-refractivity contribution in [2.75, 3.05) is 7.11 Å². The predicted molar refractivity (Wildman–Crippen MR) is 78.9 cm³/mol. The highest BCUT2D eigenvalue weighted by atomic mass is 16.5. The van der Waals surface area contributed by atoms with Crippen LogP contribution in [-0.2, 0) is 24.4 Å². The molecule has 0 unspecified atom stereocenters. The molecule has 2 aromatic rings. The number of benzene rings is 2. The number of ether oxygens (including phenoxy) is 1. The highest BCUT2D eigenvalue weighted by Gasteiger charge is 1.98. The van der Waals surface area contributed by atoms with Crippen LogP contribution in [0.4, 0.5) is 0 Å². The minimum atomic E-state index is 0.672. The van der Waals surface area contributed by atoms with Crippen LogP contribution in [-0.4, -0.2) is 7.11 Å². The van der Waals surface area contributed by atoms with Gasteiger partial charge in [0.15, 0.2) is 0 Å². The van der Waals surface area contributed by atoms with Crippen LogP contribution in [0.3, 0.4) is 0 Å². The normalized spacial score (nSPS) is 10.6. The standard InChI is InChI=1S/C17H21NO/c1-14-6-3-4-9-17(14)12-18-11-15-7-5-8-16(10-15)13-19-2/h3-10,18H,11-13H2,1-2H3. The Labute approximate surface area is 115 Å². The summed E-state index contributed by atoms with van der Waals surface area (Å²) in [5.74, 6) is 0. The zero-order valence-electron chi connectivity index (χ0n) is 11.6. The van der Waals surface area contributed by atoms with Gasteiger partial charge in [-0.15, -0.1) is 0 Å². The van der Waals surface area contributed by atoms with Crippen molar-refractivity contribution in [3.8, 4) is 0 Å². The van der Waals surface area contributed by atoms with Gasteiger partial charge in [0, 0.05) is 20.2 Å². The monoisotopic (exact) mass is 255 g/mol. The average molecular weight is 255 g/mol. The van der Waals surface area contributed by atoms with E-state index in [4.69, 9.17) is 4.74 Å². The summed E-state index contributed by atoms with van der Waals surface area (Å²) >= 11 is 0. The minimum absolute atomic E-state index is 0.672. The third-order valence-corrected chi connectivity index (χ3v) is 3.21. The van der Waals surface area contributed by atoms with Gasteiger partial charge < -0.3 is 10.1 Å². The first kappa shape index (κ1) is 13.8. The van der Waals surface area contributed by atoms with Gasteiger partial charge in [0.1, 0.15) is 0 Å². The average Bonchev–Trinajstić information content (AvgIpc) is 2.42. The Hall–Kier alpha value is -1.64. The van der Waals surface area contributed by atoms with E-state index in [-0.39, 0.29) is 0 Å². The lowest BCUT2D eigenvalue weighted by Gasteiger charge is -2.09. The zero-order chi connectivity index (χ0) is 13.5. The molecule has 100 valence electrons. The quantitative estimate of drug-likeness (QED) is 0.854. The molecule has 0 aromatic heterocycles. The molecule has 0 spiro atoms. The molecule has 2 aromatic carbocycles. The number of nitrogens with one attached hydrogen (secondary N) is 1. The highest BCUT2D eigenvalue weighted by molar-refractivity contribution is 5.26. The maximum Gasteiger partial charge on any atom is 0.0713 e. The van der Waals surface area contributed by atoms with E-state index in [1.165, 1.54) is 22.3 Å². The van der Waals surface area contributed by atoms with Crippen molar-refractivity contribution in [3.05, 3.63) is 70.8 Å². The van der Waals surface area contributed by atoms with Gasteiger partial charge in [-0.2, -0.15) is 0 Å². The summed E-state index contributed by atoms with van der Waals surface area (Å²) in [5, 5.41) is 3.49. The molecule has 0 saturated heterocycles. The van der Waals surface area contributed by atoms with Gasteiger partial charge in [-0.25, -0.2) is 0 Å². The third-order valence-electron chi connectivity index (χ3n) is 3.21. The Morgan fingerprint density at radius 2 is 1.74 bits per heavy atom. The van der Waals surface area contributed by atoms with E-state index in [1.54, 1.807) is 7.11 Å². The molecule has 0 heterocycles. The lowest BCUT2D eigenvalue weighted by atomic mass is 10.1. The molecule has 0 radical (unpaired) electrons. The highest BCUT2D eigenvalue weighted by Crippen LogP contribution is 2.08. The summed E-state index contributed by atoms with van der Waals surface area (Å²) in [5.41, 5.74) is 5.21. The van der Waals surface area contributed by atoms with Gasteiger partial charge in [0.05, 0.1) is 6.61 Å². The fraction of sp³-hybridized carbons (Fsp3) is 0.294. The van der Waals surface area contributed by atoms with E-state index in [2.05, 4.69) is 60.8 Å². The van der Waals surface area contributed by atoms with Gasteiger partial charge in [-0.1, -0.05) is 48.5 Å². The van der Waals surface area contributed by atoms with Gasteiger partial charge >= 0.3 is 0 Å². The molecule has 1 N–H and O–H groups in total. The smallest absolute Gasteiger partial charge is 0.0713 e. The molecule has 0 aliphatic rings. The van der Waals surface area contributed by atoms with Crippen molar-refractivity contribution in [1.82, 2.24) is 5.32 Å². The lowest BCUT2D eigenvalue weighted by Crippen LogP contribution is -2.13. The fourth-order valence-electron chi connectivity index (χ4n) is 2.15. The lowest BCUT2D eigenvalue weighted by molar-refractivity contribution is 0.185. The Morgan fingerprint density at radius 1 is 0.947 bits per heavy atom. The van der Waals surface area contributed by atoms with Crippen LogP contribution < -0.4 is 5.32 Å². The molecular weight excluding hydrogens is 234 g/mol. The van der Waals surface area contributed by atoms with Crippen LogP contribution in [0.2, 0.25) is 0 Å². The summed E-state index contributed by atoms with van der Waals surface area (Å²) in [6.07, 6.45) is 0. The molecule has 0 amide bonds. The van der Waals surface area contributed by atoms with Crippen LogP contribution in [0.5, 0.6) is 0 Å². The van der Waals surface area contributed by atoms with E-state index < -0.39 is 0 Å². The van der Waals surface area contributed by atoms with E-state index >= 15 is 0 Å². The Balaban J connectivity index is 1.89. The topological polar surface area (TPSA) is 21.3 Å². The van der Waals surface area contributed by atoms with E-state index in [1.807, 2.05) is 0 Å². The van der Waals surface area contributed by atoms with E-state index in [0.29, 0.717) is 6.61 Å². The molecule has 19 heavy (non-hydrogen) atoms. The molecule has 0 aliphatic carbocycles. The molecular formula is C17H21NO. The SMILES string of the molecule is COCc1cccc(CNCc2ccccc2C)c1. The van der Waals surface area contributed by atoms with Crippen molar-refractivity contribution < 1.29 is 4.74 Å². The van der Waals surface area contributed by atoms with E-state index in [9.17, 15) is 0 Å². The molecule has 0 bridgehead atoms. The maximum atomic E-state index is 5.15. The van der Waals surface area contributed by atoms with E-state index in [0.717, 1.165) is 13.1 Å². The molecule has 0 atom stereocenters. The summed E-state index contributed by atoms with van der Waals surface area (Å²) in [4.78, 5) is 0. The van der Waals surface area contributed by atoms with Gasteiger partial charge in [-0.05, 0) is 29.2 Å². The third kappa shape index (κ3) is 4.19. The summed E-state index contributed by atoms with van der Waals surface area (Å²) in [7, 11) is 1.73. The Bertz CT molecular complexity index is 522. The van der Waals surface area contributed by atoms with Crippen LogP contribution in [0.25, 0.3) is 0 Å². The second-order valence-electron chi connectivity index (χ2n) is 4.78. The fourth-order valence-corrected chi connectivity index (χ4v) is 2.15. The maximum absolute atomic E-state index is 5.15. The van der Waals surface area contributed by atoms with Gasteiger partial charge in [0.2, 0.25) is 0 Å². The number of hydrogen-bond donors (Lipinski definition) is 1. The van der Waals surface area contributed by atoms with Crippen LogP contribution in [0.1, 0.15) is 22.3 Å². The van der Waals surface area contributed by atoms with Crippen LogP contribution in [0.15, 0.2) is 48.5 Å². The molecule has 0 fully saturated rings. The molecule has 2 nitrogen and oxygen atoms in total. The van der Waals surface area contributed by atoms with Crippen LogP contribution in [0, 0.1) is 6.92 Å². The number of hydrogen-bond acceptors (Lipinski definition) is 2. The summed E-state index contributed by atoms with van der Waals surface area (Å²) in [6.45, 7) is 4.61. The molecule has 0 aliphatic heterocycles. The van der Waals surface area contributed by atoms with Gasteiger partial charge in [0.25, 0.3) is 0 Å². The zero-order valence-corrected chi connectivity index (χ0v) is 11.6. The van der Waals surface area contributed by atoms with Crippen LogP contribution >= 0.6 is 0 Å². The largest absolute Gasteiger partial charge is 0.380 e. The minimum Gasteiger partial charge on any atom is -0.380 e. The number of methoxy groups -OCH3 is 1. The first-order valence-electron chi connectivity index (χ1n) is 6.61. The molecule has 2 rings (SSSR count). The number of aryl methyl sites for hydroxylation is 1. The molecule has 2 heteroatoms. The first-order valence-corrected chi connectivity index (χ1v) is 6.61. The predicted octanol–water partition coefficient (Wildman–Crippen LogP) is 3.43. The first-order chi connectivity index (χ1) is 9.29.